The molecule has 0 unspecified atom stereocenters. The maximum Gasteiger partial charge on any atom is 0.264 e. The van der Waals surface area contributed by atoms with E-state index in [0.29, 0.717) is 32.6 Å². The Labute approximate surface area is 286 Å². The van der Waals surface area contributed by atoms with Crippen LogP contribution in [0.1, 0.15) is 37.0 Å². The summed E-state index contributed by atoms with van der Waals surface area (Å²) < 4.78 is 29.4. The second-order valence-electron chi connectivity index (χ2n) is 11.0. The van der Waals surface area contributed by atoms with Gasteiger partial charge in [0.25, 0.3) is 10.0 Å². The van der Waals surface area contributed by atoms with Crippen LogP contribution in [0.15, 0.2) is 102 Å². The average molecular weight is 701 g/mol. The van der Waals surface area contributed by atoms with Crippen LogP contribution in [0.3, 0.4) is 0 Å². The number of benzene rings is 4. The molecule has 4 aromatic rings. The molecule has 0 fully saturated rings. The van der Waals surface area contributed by atoms with Gasteiger partial charge in [-0.15, -0.1) is 0 Å². The maximum atomic E-state index is 14.6. The molecule has 0 heterocycles. The highest BCUT2D eigenvalue weighted by Gasteiger charge is 2.35. The molecule has 0 saturated heterocycles. The number of nitrogens with one attached hydrogen (secondary N) is 1. The molecule has 11 heteroatoms. The van der Waals surface area contributed by atoms with E-state index < -0.39 is 28.5 Å². The fourth-order valence-electron chi connectivity index (χ4n) is 4.91. The third-order valence-electron chi connectivity index (χ3n) is 7.68. The van der Waals surface area contributed by atoms with Gasteiger partial charge in [-0.05, 0) is 73.4 Å². The molecule has 0 aliphatic heterocycles. The maximum absolute atomic E-state index is 14.6. The highest BCUT2D eigenvalue weighted by atomic mass is 35.5. The first-order valence-electron chi connectivity index (χ1n) is 14.8. The van der Waals surface area contributed by atoms with E-state index in [2.05, 4.69) is 5.32 Å². The number of sulfonamides is 1. The minimum atomic E-state index is -4.25. The first kappa shape index (κ1) is 35.3. The minimum absolute atomic E-state index is 0.00446. The number of aryl methyl sites for hydroxylation is 1. The van der Waals surface area contributed by atoms with Crippen molar-refractivity contribution in [2.24, 2.45) is 0 Å². The van der Waals surface area contributed by atoms with Crippen LogP contribution < -0.4 is 9.62 Å². The van der Waals surface area contributed by atoms with E-state index in [-0.39, 0.29) is 35.5 Å². The summed E-state index contributed by atoms with van der Waals surface area (Å²) in [6, 6.07) is 25.8. The Kier molecular flexibility index (Phi) is 12.1. The van der Waals surface area contributed by atoms with E-state index in [1.807, 2.05) is 44.2 Å². The number of hydrogen-bond acceptors (Lipinski definition) is 4. The lowest BCUT2D eigenvalue weighted by Crippen LogP contribution is -2.54. The van der Waals surface area contributed by atoms with E-state index in [1.54, 1.807) is 55.5 Å². The van der Waals surface area contributed by atoms with E-state index in [4.69, 9.17) is 34.8 Å². The Balaban J connectivity index is 1.85. The fourth-order valence-corrected chi connectivity index (χ4v) is 7.04. The van der Waals surface area contributed by atoms with Crippen LogP contribution in [-0.2, 0) is 32.6 Å². The largest absolute Gasteiger partial charge is 0.352 e. The van der Waals surface area contributed by atoms with Crippen molar-refractivity contribution in [1.82, 2.24) is 10.2 Å². The lowest BCUT2D eigenvalue weighted by Gasteiger charge is -2.34. The predicted octanol–water partition coefficient (Wildman–Crippen LogP) is 7.71. The SMILES string of the molecule is CC[C@@H](C)NC(=O)[C@@H](Cc1ccccc1)N(Cc1ccc(Cl)cc1Cl)C(=O)CN(c1cc(Cl)ccc1C)S(=O)(=O)c1ccccc1. The molecule has 242 valence electrons. The van der Waals surface area contributed by atoms with E-state index in [9.17, 15) is 18.0 Å². The molecule has 0 aliphatic carbocycles. The molecule has 0 saturated carbocycles. The minimum Gasteiger partial charge on any atom is -0.352 e. The summed E-state index contributed by atoms with van der Waals surface area (Å²) in [6.07, 6.45) is 0.861. The summed E-state index contributed by atoms with van der Waals surface area (Å²) >= 11 is 19.1. The van der Waals surface area contributed by atoms with Gasteiger partial charge in [-0.1, -0.05) is 102 Å². The van der Waals surface area contributed by atoms with Crippen LogP contribution >= 0.6 is 34.8 Å². The van der Waals surface area contributed by atoms with E-state index in [0.717, 1.165) is 9.87 Å². The van der Waals surface area contributed by atoms with Gasteiger partial charge >= 0.3 is 0 Å². The number of hydrogen-bond donors (Lipinski definition) is 1. The highest BCUT2D eigenvalue weighted by Crippen LogP contribution is 2.31. The topological polar surface area (TPSA) is 86.8 Å². The fraction of sp³-hybridized carbons (Fsp3) is 0.257. The smallest absolute Gasteiger partial charge is 0.264 e. The van der Waals surface area contributed by atoms with E-state index in [1.165, 1.54) is 23.1 Å². The highest BCUT2D eigenvalue weighted by molar-refractivity contribution is 7.92. The Morgan fingerprint density at radius 2 is 1.46 bits per heavy atom. The Bertz CT molecular complexity index is 1770. The van der Waals surface area contributed by atoms with Gasteiger partial charge in [0.1, 0.15) is 12.6 Å². The van der Waals surface area contributed by atoms with Crippen molar-refractivity contribution in [3.63, 3.8) is 0 Å². The number of halogens is 3. The van der Waals surface area contributed by atoms with Crippen molar-refractivity contribution < 1.29 is 18.0 Å². The average Bonchev–Trinajstić information content (AvgIpc) is 3.04. The normalized spacial score (nSPS) is 12.7. The second kappa shape index (κ2) is 15.8. The Morgan fingerprint density at radius 1 is 0.848 bits per heavy atom. The van der Waals surface area contributed by atoms with Gasteiger partial charge in [0.15, 0.2) is 0 Å². The van der Waals surface area contributed by atoms with Crippen molar-refractivity contribution in [1.29, 1.82) is 0 Å². The molecule has 0 spiro atoms. The Hall–Kier alpha value is -3.56. The van der Waals surface area contributed by atoms with Crippen LogP contribution in [0, 0.1) is 6.92 Å². The molecular formula is C35H36Cl3N3O4S. The van der Waals surface area contributed by atoms with Gasteiger partial charge in [0, 0.05) is 34.1 Å². The third-order valence-corrected chi connectivity index (χ3v) is 10.3. The van der Waals surface area contributed by atoms with Gasteiger partial charge in [0.05, 0.1) is 10.6 Å². The van der Waals surface area contributed by atoms with Crippen LogP contribution in [-0.4, -0.2) is 43.8 Å². The molecule has 2 amide bonds. The lowest BCUT2D eigenvalue weighted by molar-refractivity contribution is -0.140. The van der Waals surface area contributed by atoms with Crippen molar-refractivity contribution in [3.05, 3.63) is 129 Å². The van der Waals surface area contributed by atoms with Crippen molar-refractivity contribution in [2.45, 2.75) is 57.1 Å². The van der Waals surface area contributed by atoms with Gasteiger partial charge < -0.3 is 10.2 Å². The molecule has 0 aromatic heterocycles. The molecule has 4 rings (SSSR count). The number of carbonyl (C=O) groups excluding carboxylic acids is 2. The summed E-state index contributed by atoms with van der Waals surface area (Å²) in [6.45, 7) is 4.90. The van der Waals surface area contributed by atoms with Gasteiger partial charge in [0.2, 0.25) is 11.8 Å². The third kappa shape index (κ3) is 8.82. The van der Waals surface area contributed by atoms with Gasteiger partial charge in [-0.25, -0.2) is 8.42 Å². The van der Waals surface area contributed by atoms with Crippen LogP contribution in [0.5, 0.6) is 0 Å². The van der Waals surface area contributed by atoms with Gasteiger partial charge in [-0.2, -0.15) is 0 Å². The molecule has 4 aromatic carbocycles. The Morgan fingerprint density at radius 3 is 2.09 bits per heavy atom. The molecule has 2 atom stereocenters. The van der Waals surface area contributed by atoms with Crippen molar-refractivity contribution in [3.8, 4) is 0 Å². The molecule has 1 N–H and O–H groups in total. The number of rotatable bonds is 13. The van der Waals surface area contributed by atoms with Crippen LogP contribution in [0.25, 0.3) is 0 Å². The van der Waals surface area contributed by atoms with Gasteiger partial charge in [-0.3, -0.25) is 13.9 Å². The van der Waals surface area contributed by atoms with E-state index >= 15 is 0 Å². The number of amides is 2. The number of carbonyl (C=O) groups is 2. The zero-order valence-electron chi connectivity index (χ0n) is 25.8. The summed E-state index contributed by atoms with van der Waals surface area (Å²) in [4.78, 5) is 30.0. The quantitative estimate of drug-likeness (QED) is 0.155. The monoisotopic (exact) mass is 699 g/mol. The number of nitrogens with zero attached hydrogens (tertiary/aromatic N) is 2. The van der Waals surface area contributed by atoms with Crippen molar-refractivity contribution in [2.75, 3.05) is 10.8 Å². The number of anilines is 1. The zero-order chi connectivity index (χ0) is 33.4. The standard InChI is InChI=1S/C35H36Cl3N3O4S/c1-4-25(3)39-35(43)33(19-26-11-7-5-8-12-26)40(22-27-16-18-28(36)20-31(27)38)34(42)23-41(32-21-29(37)17-15-24(32)2)46(44,45)30-13-9-6-10-14-30/h5-18,20-21,25,33H,4,19,22-23H2,1-3H3,(H,39,43)/t25-,33-/m1/s1. The summed E-state index contributed by atoms with van der Waals surface area (Å²) in [7, 11) is -4.25. The zero-order valence-corrected chi connectivity index (χ0v) is 28.9. The molecule has 7 nitrogen and oxygen atoms in total. The first-order chi connectivity index (χ1) is 21.9. The van der Waals surface area contributed by atoms with Crippen LogP contribution in [0.4, 0.5) is 5.69 Å². The van der Waals surface area contributed by atoms with Crippen LogP contribution in [0.2, 0.25) is 15.1 Å². The molecule has 0 radical (unpaired) electrons. The second-order valence-corrected chi connectivity index (χ2v) is 14.2. The van der Waals surface area contributed by atoms with Crippen molar-refractivity contribution >= 4 is 62.3 Å². The molecule has 46 heavy (non-hydrogen) atoms. The predicted molar refractivity (Wildman–Crippen MR) is 186 cm³/mol. The summed E-state index contributed by atoms with van der Waals surface area (Å²) in [5.74, 6) is -0.974. The summed E-state index contributed by atoms with van der Waals surface area (Å²) in [5, 5.41) is 4.05. The summed E-state index contributed by atoms with van der Waals surface area (Å²) in [5.41, 5.74) is 2.22. The first-order valence-corrected chi connectivity index (χ1v) is 17.4. The molecular weight excluding hydrogens is 665 g/mol. The molecule has 0 bridgehead atoms. The lowest BCUT2D eigenvalue weighted by atomic mass is 10.0. The molecule has 0 aliphatic rings.